The first-order valence-electron chi connectivity index (χ1n) is 2.84. The van der Waals surface area contributed by atoms with Crippen molar-refractivity contribution in [1.82, 2.24) is 4.31 Å². The fourth-order valence-electron chi connectivity index (χ4n) is 0.720. The first kappa shape index (κ1) is 8.94. The van der Waals surface area contributed by atoms with Crippen molar-refractivity contribution in [3.8, 4) is 0 Å². The minimum Gasteiger partial charge on any atom is -0.480 e. The number of carboxylic acids is 1. The van der Waals surface area contributed by atoms with E-state index >= 15 is 0 Å². The fourth-order valence-corrected chi connectivity index (χ4v) is 1.56. The van der Waals surface area contributed by atoms with Crippen LogP contribution < -0.4 is 0 Å². The lowest BCUT2D eigenvalue weighted by molar-refractivity contribution is -0.140. The topological polar surface area (TPSA) is 104 Å². The average molecular weight is 195 g/mol. The molecule has 1 aliphatic rings. The standard InChI is InChI=1S/C4H5NO6S/c6-3(7)2-1-11-12(10)5(2)4(8)9/h2H,1H2,(H,6,7)(H,8,9)/t2-,12?/m0/s1. The van der Waals surface area contributed by atoms with Gasteiger partial charge in [-0.25, -0.2) is 13.8 Å². The van der Waals surface area contributed by atoms with Crippen LogP contribution in [0, 0.1) is 0 Å². The Bertz CT molecular complexity index is 252. The second kappa shape index (κ2) is 3.07. The lowest BCUT2D eigenvalue weighted by Crippen LogP contribution is -2.41. The Labute approximate surface area is 69.3 Å². The second-order valence-electron chi connectivity index (χ2n) is 1.96. The van der Waals surface area contributed by atoms with E-state index in [1.165, 1.54) is 0 Å². The first-order chi connectivity index (χ1) is 5.54. The number of hydrogen-bond acceptors (Lipinski definition) is 4. The molecular formula is C4H5NO6S. The monoisotopic (exact) mass is 195 g/mol. The summed E-state index contributed by atoms with van der Waals surface area (Å²) in [5, 5.41) is 16.8. The summed E-state index contributed by atoms with van der Waals surface area (Å²) in [7, 11) is 0. The maximum atomic E-state index is 10.7. The molecule has 7 nitrogen and oxygen atoms in total. The predicted octanol–water partition coefficient (Wildman–Crippen LogP) is -0.972. The van der Waals surface area contributed by atoms with Crippen LogP contribution in [-0.4, -0.2) is 43.4 Å². The molecule has 2 atom stereocenters. The maximum absolute atomic E-state index is 10.7. The zero-order chi connectivity index (χ0) is 9.30. The van der Waals surface area contributed by atoms with Crippen LogP contribution in [0.1, 0.15) is 0 Å². The summed E-state index contributed by atoms with van der Waals surface area (Å²) < 4.78 is 15.3. The van der Waals surface area contributed by atoms with Crippen LogP contribution in [0.5, 0.6) is 0 Å². The minimum atomic E-state index is -2.19. The van der Waals surface area contributed by atoms with Gasteiger partial charge in [0.25, 0.3) is 11.3 Å². The Morgan fingerprint density at radius 3 is 2.42 bits per heavy atom. The van der Waals surface area contributed by atoms with Crippen LogP contribution in [-0.2, 0) is 20.2 Å². The summed E-state index contributed by atoms with van der Waals surface area (Å²) in [5.74, 6) is -1.37. The number of rotatable bonds is 1. The van der Waals surface area contributed by atoms with Gasteiger partial charge in [0, 0.05) is 0 Å². The normalized spacial score (nSPS) is 28.8. The number of aliphatic carboxylic acids is 1. The molecule has 1 heterocycles. The van der Waals surface area contributed by atoms with E-state index in [-0.39, 0.29) is 10.9 Å². The molecule has 1 fully saturated rings. The van der Waals surface area contributed by atoms with Crippen molar-refractivity contribution >= 4 is 23.3 Å². The lowest BCUT2D eigenvalue weighted by Gasteiger charge is -2.11. The van der Waals surface area contributed by atoms with Gasteiger partial charge in [0.1, 0.15) is 0 Å². The van der Waals surface area contributed by atoms with Crippen molar-refractivity contribution in [2.45, 2.75) is 6.04 Å². The van der Waals surface area contributed by atoms with Crippen LogP contribution in [0.2, 0.25) is 0 Å². The summed E-state index contributed by atoms with van der Waals surface area (Å²) in [4.78, 5) is 20.7. The number of amides is 1. The molecule has 1 amide bonds. The van der Waals surface area contributed by atoms with E-state index in [1.54, 1.807) is 0 Å². The number of hydrogen-bond donors (Lipinski definition) is 2. The van der Waals surface area contributed by atoms with E-state index in [2.05, 4.69) is 4.18 Å². The summed E-state index contributed by atoms with van der Waals surface area (Å²) >= 11 is -2.19. The number of nitrogens with zero attached hydrogens (tertiary/aromatic N) is 1. The molecule has 2 N–H and O–H groups in total. The maximum Gasteiger partial charge on any atom is 0.421 e. The van der Waals surface area contributed by atoms with E-state index in [9.17, 15) is 13.8 Å². The Kier molecular flexibility index (Phi) is 2.29. The average Bonchev–Trinajstić information content (AvgIpc) is 2.30. The molecule has 0 aliphatic carbocycles. The van der Waals surface area contributed by atoms with Gasteiger partial charge in [0.15, 0.2) is 6.04 Å². The molecule has 68 valence electrons. The van der Waals surface area contributed by atoms with Gasteiger partial charge in [-0.05, 0) is 0 Å². The van der Waals surface area contributed by atoms with E-state index in [1.807, 2.05) is 0 Å². The highest BCUT2D eigenvalue weighted by molar-refractivity contribution is 7.78. The molecule has 1 saturated heterocycles. The van der Waals surface area contributed by atoms with Crippen molar-refractivity contribution < 1.29 is 28.2 Å². The molecule has 12 heavy (non-hydrogen) atoms. The van der Waals surface area contributed by atoms with Gasteiger partial charge in [0.2, 0.25) is 0 Å². The molecular weight excluding hydrogens is 190 g/mol. The van der Waals surface area contributed by atoms with Gasteiger partial charge in [0.05, 0.1) is 6.61 Å². The van der Waals surface area contributed by atoms with E-state index in [4.69, 9.17) is 10.2 Å². The number of carboxylic acid groups (broad SMARTS) is 2. The van der Waals surface area contributed by atoms with Gasteiger partial charge >= 0.3 is 12.1 Å². The van der Waals surface area contributed by atoms with Crippen molar-refractivity contribution in [1.29, 1.82) is 0 Å². The fraction of sp³-hybridized carbons (Fsp3) is 0.500. The highest BCUT2D eigenvalue weighted by Gasteiger charge is 2.41. The largest absolute Gasteiger partial charge is 0.480 e. The Morgan fingerprint density at radius 2 is 2.08 bits per heavy atom. The molecule has 8 heteroatoms. The molecule has 0 aromatic carbocycles. The zero-order valence-corrected chi connectivity index (χ0v) is 6.48. The molecule has 0 bridgehead atoms. The molecule has 1 rings (SSSR count). The smallest absolute Gasteiger partial charge is 0.421 e. The Hall–Kier alpha value is -1.15. The molecule has 0 aromatic rings. The van der Waals surface area contributed by atoms with Crippen LogP contribution in [0.15, 0.2) is 0 Å². The minimum absolute atomic E-state index is 0.252. The summed E-state index contributed by atoms with van der Waals surface area (Å²) in [6, 6.07) is -1.37. The lowest BCUT2D eigenvalue weighted by atomic mass is 10.3. The van der Waals surface area contributed by atoms with Crippen molar-refractivity contribution in [3.05, 3.63) is 0 Å². The predicted molar refractivity (Wildman–Crippen MR) is 35.4 cm³/mol. The van der Waals surface area contributed by atoms with Crippen LogP contribution >= 0.6 is 0 Å². The van der Waals surface area contributed by atoms with Crippen molar-refractivity contribution in [2.24, 2.45) is 0 Å². The highest BCUT2D eigenvalue weighted by Crippen LogP contribution is 2.14. The second-order valence-corrected chi connectivity index (χ2v) is 3.03. The molecule has 1 aliphatic heterocycles. The molecule has 0 aromatic heterocycles. The number of carbonyl (C=O) groups is 2. The van der Waals surface area contributed by atoms with Crippen LogP contribution in [0.25, 0.3) is 0 Å². The Balaban J connectivity index is 2.84. The molecule has 0 spiro atoms. The summed E-state index contributed by atoms with van der Waals surface area (Å²) in [6.45, 7) is -0.381. The van der Waals surface area contributed by atoms with Gasteiger partial charge in [-0.3, -0.25) is 4.18 Å². The SMILES string of the molecule is O=C(O)[C@@H]1COS(=O)N1C(=O)O. The molecule has 1 unspecified atom stereocenters. The molecule has 0 saturated carbocycles. The Morgan fingerprint density at radius 1 is 1.50 bits per heavy atom. The third-order valence-electron chi connectivity index (χ3n) is 1.24. The van der Waals surface area contributed by atoms with E-state index in [0.717, 1.165) is 0 Å². The van der Waals surface area contributed by atoms with Crippen LogP contribution in [0.4, 0.5) is 4.79 Å². The first-order valence-corrected chi connectivity index (χ1v) is 3.87. The van der Waals surface area contributed by atoms with Crippen LogP contribution in [0.3, 0.4) is 0 Å². The van der Waals surface area contributed by atoms with Gasteiger partial charge in [-0.2, -0.15) is 4.31 Å². The van der Waals surface area contributed by atoms with E-state index in [0.29, 0.717) is 0 Å². The third-order valence-corrected chi connectivity index (χ3v) is 2.31. The van der Waals surface area contributed by atoms with Gasteiger partial charge in [-0.15, -0.1) is 0 Å². The van der Waals surface area contributed by atoms with Crippen molar-refractivity contribution in [3.63, 3.8) is 0 Å². The third kappa shape index (κ3) is 1.38. The van der Waals surface area contributed by atoms with Crippen molar-refractivity contribution in [2.75, 3.05) is 6.61 Å². The quantitative estimate of drug-likeness (QED) is 0.557. The summed E-state index contributed by atoms with van der Waals surface area (Å²) in [5.41, 5.74) is 0. The van der Waals surface area contributed by atoms with E-state index < -0.39 is 29.4 Å². The highest BCUT2D eigenvalue weighted by atomic mass is 32.2. The summed E-state index contributed by atoms with van der Waals surface area (Å²) in [6.07, 6.45) is -1.57. The van der Waals surface area contributed by atoms with Gasteiger partial charge in [-0.1, -0.05) is 0 Å². The van der Waals surface area contributed by atoms with Gasteiger partial charge < -0.3 is 10.2 Å². The zero-order valence-electron chi connectivity index (χ0n) is 5.67. The molecule has 0 radical (unpaired) electrons.